The van der Waals surface area contributed by atoms with Crippen LogP contribution in [0.3, 0.4) is 0 Å². The molecular formula is C12H17ClFN. The molecule has 0 aliphatic rings. The highest BCUT2D eigenvalue weighted by Crippen LogP contribution is 2.10. The maximum atomic E-state index is 12.8. The number of aryl methyl sites for hydroxylation is 1. The van der Waals surface area contributed by atoms with Crippen LogP contribution < -0.4 is 5.32 Å². The highest BCUT2D eigenvalue weighted by Gasteiger charge is 2.03. The molecule has 1 atom stereocenters. The lowest BCUT2D eigenvalue weighted by molar-refractivity contribution is 0.534. The third-order valence-corrected chi connectivity index (χ3v) is 2.71. The SMILES string of the molecule is Cc1cc(F)ccc1CNC(C)CCCl. The Bertz CT molecular complexity index is 314. The zero-order valence-electron chi connectivity index (χ0n) is 9.19. The Morgan fingerprint density at radius 3 is 2.80 bits per heavy atom. The van der Waals surface area contributed by atoms with Crippen molar-refractivity contribution in [1.82, 2.24) is 5.32 Å². The minimum absolute atomic E-state index is 0.176. The van der Waals surface area contributed by atoms with Gasteiger partial charge >= 0.3 is 0 Å². The van der Waals surface area contributed by atoms with E-state index in [-0.39, 0.29) is 5.82 Å². The number of rotatable bonds is 5. The molecule has 0 heterocycles. The molecule has 1 nitrogen and oxygen atoms in total. The average Bonchev–Trinajstić information content (AvgIpc) is 2.17. The summed E-state index contributed by atoms with van der Waals surface area (Å²) in [6, 6.07) is 5.27. The molecule has 0 spiro atoms. The lowest BCUT2D eigenvalue weighted by atomic mass is 10.1. The summed E-state index contributed by atoms with van der Waals surface area (Å²) in [4.78, 5) is 0. The summed E-state index contributed by atoms with van der Waals surface area (Å²) in [6.45, 7) is 4.79. The molecule has 0 aliphatic carbocycles. The van der Waals surface area contributed by atoms with E-state index in [1.54, 1.807) is 6.07 Å². The number of halogens is 2. The Labute approximate surface area is 95.6 Å². The van der Waals surface area contributed by atoms with Crippen molar-refractivity contribution in [3.05, 3.63) is 35.1 Å². The molecule has 1 N–H and O–H groups in total. The maximum absolute atomic E-state index is 12.8. The van der Waals surface area contributed by atoms with Crippen molar-refractivity contribution in [3.63, 3.8) is 0 Å². The molecule has 3 heteroatoms. The third-order valence-electron chi connectivity index (χ3n) is 2.49. The van der Waals surface area contributed by atoms with Crippen LogP contribution in [0.5, 0.6) is 0 Å². The van der Waals surface area contributed by atoms with Crippen molar-refractivity contribution in [2.24, 2.45) is 0 Å². The molecule has 0 amide bonds. The fourth-order valence-corrected chi connectivity index (χ4v) is 1.73. The van der Waals surface area contributed by atoms with Crippen LogP contribution in [-0.2, 0) is 6.54 Å². The van der Waals surface area contributed by atoms with E-state index in [1.165, 1.54) is 6.07 Å². The summed E-state index contributed by atoms with van der Waals surface area (Å²) < 4.78 is 12.8. The lowest BCUT2D eigenvalue weighted by Gasteiger charge is -2.13. The van der Waals surface area contributed by atoms with Crippen LogP contribution in [0.4, 0.5) is 4.39 Å². The van der Waals surface area contributed by atoms with Gasteiger partial charge in [-0.3, -0.25) is 0 Å². The largest absolute Gasteiger partial charge is 0.310 e. The summed E-state index contributed by atoms with van der Waals surface area (Å²) in [5.41, 5.74) is 2.12. The normalized spacial score (nSPS) is 12.8. The van der Waals surface area contributed by atoms with Crippen LogP contribution in [0.2, 0.25) is 0 Å². The van der Waals surface area contributed by atoms with Crippen molar-refractivity contribution >= 4 is 11.6 Å². The molecule has 0 saturated carbocycles. The van der Waals surface area contributed by atoms with E-state index in [0.717, 1.165) is 24.1 Å². The fourth-order valence-electron chi connectivity index (χ4n) is 1.41. The van der Waals surface area contributed by atoms with Crippen LogP contribution in [0.1, 0.15) is 24.5 Å². The molecule has 84 valence electrons. The first-order valence-corrected chi connectivity index (χ1v) is 5.71. The second-order valence-corrected chi connectivity index (χ2v) is 4.21. The Balaban J connectivity index is 2.50. The van der Waals surface area contributed by atoms with Gasteiger partial charge in [0, 0.05) is 18.5 Å². The van der Waals surface area contributed by atoms with Crippen molar-refractivity contribution in [3.8, 4) is 0 Å². The summed E-state index contributed by atoms with van der Waals surface area (Å²) >= 11 is 5.64. The Morgan fingerprint density at radius 2 is 2.20 bits per heavy atom. The van der Waals surface area contributed by atoms with Gasteiger partial charge in [-0.25, -0.2) is 4.39 Å². The molecule has 1 aromatic carbocycles. The molecule has 1 unspecified atom stereocenters. The molecule has 0 aliphatic heterocycles. The lowest BCUT2D eigenvalue weighted by Crippen LogP contribution is -2.26. The predicted octanol–water partition coefficient (Wildman–Crippen LogP) is 3.24. The maximum Gasteiger partial charge on any atom is 0.123 e. The zero-order chi connectivity index (χ0) is 11.3. The molecule has 0 aromatic heterocycles. The molecule has 0 saturated heterocycles. The number of alkyl halides is 1. The van der Waals surface area contributed by atoms with Gasteiger partial charge in [-0.15, -0.1) is 11.6 Å². The number of hydrogen-bond donors (Lipinski definition) is 1. The van der Waals surface area contributed by atoms with E-state index in [4.69, 9.17) is 11.6 Å². The van der Waals surface area contributed by atoms with E-state index < -0.39 is 0 Å². The van der Waals surface area contributed by atoms with Crippen LogP contribution in [0.15, 0.2) is 18.2 Å². The van der Waals surface area contributed by atoms with Gasteiger partial charge in [0.15, 0.2) is 0 Å². The van der Waals surface area contributed by atoms with E-state index in [1.807, 2.05) is 13.0 Å². The van der Waals surface area contributed by atoms with Crippen LogP contribution in [-0.4, -0.2) is 11.9 Å². The van der Waals surface area contributed by atoms with Gasteiger partial charge in [-0.2, -0.15) is 0 Å². The zero-order valence-corrected chi connectivity index (χ0v) is 9.94. The first-order chi connectivity index (χ1) is 7.13. The van der Waals surface area contributed by atoms with Crippen molar-refractivity contribution in [1.29, 1.82) is 0 Å². The summed E-state index contributed by atoms with van der Waals surface area (Å²) in [6.07, 6.45) is 0.946. The fraction of sp³-hybridized carbons (Fsp3) is 0.500. The summed E-state index contributed by atoms with van der Waals surface area (Å²) in [5.74, 6) is 0.487. The van der Waals surface area contributed by atoms with Gasteiger partial charge in [0.05, 0.1) is 0 Å². The third kappa shape index (κ3) is 4.18. The predicted molar refractivity (Wildman–Crippen MR) is 62.8 cm³/mol. The minimum atomic E-state index is -0.176. The number of hydrogen-bond acceptors (Lipinski definition) is 1. The van der Waals surface area contributed by atoms with Gasteiger partial charge < -0.3 is 5.32 Å². The van der Waals surface area contributed by atoms with Crippen LogP contribution >= 0.6 is 11.6 Å². The van der Waals surface area contributed by atoms with E-state index >= 15 is 0 Å². The Hall–Kier alpha value is -0.600. The van der Waals surface area contributed by atoms with Gasteiger partial charge in [0.1, 0.15) is 5.82 Å². The Morgan fingerprint density at radius 1 is 1.47 bits per heavy atom. The van der Waals surface area contributed by atoms with Crippen LogP contribution in [0, 0.1) is 12.7 Å². The van der Waals surface area contributed by atoms with Gasteiger partial charge in [-0.05, 0) is 43.5 Å². The van der Waals surface area contributed by atoms with E-state index in [2.05, 4.69) is 12.2 Å². The number of benzene rings is 1. The summed E-state index contributed by atoms with van der Waals surface area (Å²) in [7, 11) is 0. The highest BCUT2D eigenvalue weighted by molar-refractivity contribution is 6.17. The standard InChI is InChI=1S/C12H17ClFN/c1-9-7-12(14)4-3-11(9)8-15-10(2)5-6-13/h3-4,7,10,15H,5-6,8H2,1-2H3. The molecule has 0 fully saturated rings. The second kappa shape index (κ2) is 6.09. The topological polar surface area (TPSA) is 12.0 Å². The van der Waals surface area contributed by atoms with E-state index in [0.29, 0.717) is 11.9 Å². The second-order valence-electron chi connectivity index (χ2n) is 3.83. The van der Waals surface area contributed by atoms with Gasteiger partial charge in [0.2, 0.25) is 0 Å². The van der Waals surface area contributed by atoms with Crippen molar-refractivity contribution < 1.29 is 4.39 Å². The van der Waals surface area contributed by atoms with Crippen LogP contribution in [0.25, 0.3) is 0 Å². The molecule has 0 bridgehead atoms. The summed E-state index contributed by atoms with van der Waals surface area (Å²) in [5, 5.41) is 3.35. The molecule has 1 aromatic rings. The average molecular weight is 230 g/mol. The van der Waals surface area contributed by atoms with E-state index in [9.17, 15) is 4.39 Å². The van der Waals surface area contributed by atoms with Gasteiger partial charge in [0.25, 0.3) is 0 Å². The first-order valence-electron chi connectivity index (χ1n) is 5.18. The quantitative estimate of drug-likeness (QED) is 0.765. The minimum Gasteiger partial charge on any atom is -0.310 e. The smallest absolute Gasteiger partial charge is 0.123 e. The van der Waals surface area contributed by atoms with Crippen molar-refractivity contribution in [2.45, 2.75) is 32.9 Å². The monoisotopic (exact) mass is 229 g/mol. The molecule has 0 radical (unpaired) electrons. The van der Waals surface area contributed by atoms with Crippen molar-refractivity contribution in [2.75, 3.05) is 5.88 Å². The molecule has 1 rings (SSSR count). The Kier molecular flexibility index (Phi) is 5.06. The molecular weight excluding hydrogens is 213 g/mol. The first kappa shape index (κ1) is 12.5. The molecule has 15 heavy (non-hydrogen) atoms. The van der Waals surface area contributed by atoms with Gasteiger partial charge in [-0.1, -0.05) is 6.07 Å². The highest BCUT2D eigenvalue weighted by atomic mass is 35.5. The number of nitrogens with one attached hydrogen (secondary N) is 1.